The van der Waals surface area contributed by atoms with Crippen molar-refractivity contribution in [3.63, 3.8) is 0 Å². The van der Waals surface area contributed by atoms with Crippen LogP contribution in [0.4, 0.5) is 11.5 Å². The largest absolute Gasteiger partial charge is 0.497 e. The maximum absolute atomic E-state index is 6.52. The van der Waals surface area contributed by atoms with E-state index in [-0.39, 0.29) is 6.10 Å². The summed E-state index contributed by atoms with van der Waals surface area (Å²) >= 11 is 1.20. The molecule has 0 atom stereocenters. The van der Waals surface area contributed by atoms with Crippen molar-refractivity contribution in [1.29, 1.82) is 0 Å². The van der Waals surface area contributed by atoms with Crippen LogP contribution in [-0.4, -0.2) is 42.0 Å². The van der Waals surface area contributed by atoms with Crippen LogP contribution in [0.2, 0.25) is 0 Å². The van der Waals surface area contributed by atoms with Crippen LogP contribution in [0.1, 0.15) is 17.2 Å². The van der Waals surface area contributed by atoms with Crippen LogP contribution in [0.5, 0.6) is 11.6 Å². The van der Waals surface area contributed by atoms with Gasteiger partial charge in [0.1, 0.15) is 5.75 Å². The molecular formula is C26H26N4O2S. The Labute approximate surface area is 198 Å². The molecule has 0 aliphatic carbocycles. The van der Waals surface area contributed by atoms with Crippen molar-refractivity contribution in [2.75, 3.05) is 43.1 Å². The molecule has 33 heavy (non-hydrogen) atoms. The predicted molar refractivity (Wildman–Crippen MR) is 133 cm³/mol. The van der Waals surface area contributed by atoms with E-state index in [9.17, 15) is 0 Å². The van der Waals surface area contributed by atoms with E-state index in [2.05, 4.69) is 54.9 Å². The summed E-state index contributed by atoms with van der Waals surface area (Å²) in [6, 6.07) is 28.8. The minimum Gasteiger partial charge on any atom is -0.497 e. The summed E-state index contributed by atoms with van der Waals surface area (Å²) in [5.74, 6) is 2.29. The van der Waals surface area contributed by atoms with Gasteiger partial charge in [0.05, 0.1) is 18.8 Å². The molecule has 7 heteroatoms. The molecule has 0 radical (unpaired) electrons. The summed E-state index contributed by atoms with van der Waals surface area (Å²) in [7, 11) is 1.69. The second kappa shape index (κ2) is 9.92. The van der Waals surface area contributed by atoms with E-state index in [4.69, 9.17) is 9.47 Å². The highest BCUT2D eigenvalue weighted by Crippen LogP contribution is 2.34. The average Bonchev–Trinajstić information content (AvgIpc) is 3.37. The summed E-state index contributed by atoms with van der Waals surface area (Å²) < 4.78 is 20.9. The van der Waals surface area contributed by atoms with Crippen molar-refractivity contribution in [3.05, 3.63) is 96.1 Å². The number of piperazine rings is 1. The molecule has 0 amide bonds. The summed E-state index contributed by atoms with van der Waals surface area (Å²) in [4.78, 5) is 4.65. The standard InChI is InChI=1S/C26H26N4O2S/c1-31-23-14-12-22(13-15-23)29-16-18-30(19-17-29)25-26(28-33-27-25)32-24(20-8-4-2-5-9-20)21-10-6-3-7-11-21/h2-15,24H,16-19H2,1H3. The first-order chi connectivity index (χ1) is 16.3. The van der Waals surface area contributed by atoms with E-state index in [1.807, 2.05) is 48.5 Å². The number of benzene rings is 3. The van der Waals surface area contributed by atoms with Crippen LogP contribution in [-0.2, 0) is 0 Å². The molecule has 5 rings (SSSR count). The third-order valence-corrected chi connectivity index (χ3v) is 6.40. The Bertz CT molecular complexity index is 1100. The van der Waals surface area contributed by atoms with Gasteiger partial charge in [0.2, 0.25) is 5.82 Å². The normalized spacial score (nSPS) is 13.9. The number of hydrogen-bond acceptors (Lipinski definition) is 7. The van der Waals surface area contributed by atoms with Crippen LogP contribution in [0, 0.1) is 0 Å². The zero-order valence-electron chi connectivity index (χ0n) is 18.5. The Kier molecular flexibility index (Phi) is 6.39. The van der Waals surface area contributed by atoms with E-state index in [0.29, 0.717) is 5.88 Å². The van der Waals surface area contributed by atoms with Gasteiger partial charge in [0.25, 0.3) is 5.88 Å². The first kappa shape index (κ1) is 21.3. The van der Waals surface area contributed by atoms with Crippen molar-refractivity contribution in [1.82, 2.24) is 8.75 Å². The van der Waals surface area contributed by atoms with Gasteiger partial charge in [-0.05, 0) is 35.4 Å². The molecule has 2 heterocycles. The predicted octanol–water partition coefficient (Wildman–Crippen LogP) is 5.04. The quantitative estimate of drug-likeness (QED) is 0.387. The molecule has 1 aromatic heterocycles. The molecule has 0 unspecified atom stereocenters. The van der Waals surface area contributed by atoms with Gasteiger partial charge in [-0.2, -0.15) is 4.37 Å². The minimum atomic E-state index is -0.240. The van der Waals surface area contributed by atoms with Gasteiger partial charge in [-0.3, -0.25) is 0 Å². The second-order valence-electron chi connectivity index (χ2n) is 7.88. The number of rotatable bonds is 7. The lowest BCUT2D eigenvalue weighted by Crippen LogP contribution is -2.46. The van der Waals surface area contributed by atoms with Crippen molar-refractivity contribution >= 4 is 23.2 Å². The molecule has 1 aliphatic heterocycles. The number of methoxy groups -OCH3 is 1. The summed E-state index contributed by atoms with van der Waals surface area (Å²) in [5, 5.41) is 0. The number of aromatic nitrogens is 2. The highest BCUT2D eigenvalue weighted by Gasteiger charge is 2.26. The van der Waals surface area contributed by atoms with Crippen molar-refractivity contribution in [2.24, 2.45) is 0 Å². The molecule has 1 fully saturated rings. The average molecular weight is 459 g/mol. The molecular weight excluding hydrogens is 432 g/mol. The van der Waals surface area contributed by atoms with E-state index in [1.165, 1.54) is 17.4 Å². The molecule has 3 aromatic carbocycles. The first-order valence-electron chi connectivity index (χ1n) is 11.0. The molecule has 1 saturated heterocycles. The molecule has 4 aromatic rings. The van der Waals surface area contributed by atoms with Gasteiger partial charge in [0, 0.05) is 31.9 Å². The van der Waals surface area contributed by atoms with Crippen molar-refractivity contribution < 1.29 is 9.47 Å². The van der Waals surface area contributed by atoms with Crippen LogP contribution >= 0.6 is 11.7 Å². The van der Waals surface area contributed by atoms with Crippen molar-refractivity contribution in [3.8, 4) is 11.6 Å². The van der Waals surface area contributed by atoms with Crippen LogP contribution < -0.4 is 19.3 Å². The summed E-state index contributed by atoms with van der Waals surface area (Å²) in [6.07, 6.45) is -0.240. The van der Waals surface area contributed by atoms with E-state index < -0.39 is 0 Å². The highest BCUT2D eigenvalue weighted by atomic mass is 32.1. The third kappa shape index (κ3) is 4.78. The van der Waals surface area contributed by atoms with Gasteiger partial charge in [0.15, 0.2) is 6.10 Å². The van der Waals surface area contributed by atoms with Gasteiger partial charge >= 0.3 is 0 Å². The lowest BCUT2D eigenvalue weighted by Gasteiger charge is -2.36. The van der Waals surface area contributed by atoms with Gasteiger partial charge in [-0.1, -0.05) is 60.7 Å². The smallest absolute Gasteiger partial charge is 0.271 e. The molecule has 0 N–H and O–H groups in total. The molecule has 1 aliphatic rings. The Morgan fingerprint density at radius 3 is 1.88 bits per heavy atom. The maximum Gasteiger partial charge on any atom is 0.271 e. The van der Waals surface area contributed by atoms with E-state index >= 15 is 0 Å². The molecule has 168 valence electrons. The molecule has 0 bridgehead atoms. The third-order valence-electron chi connectivity index (χ3n) is 5.89. The van der Waals surface area contributed by atoms with Gasteiger partial charge < -0.3 is 19.3 Å². The van der Waals surface area contributed by atoms with Crippen LogP contribution in [0.3, 0.4) is 0 Å². The number of hydrogen-bond donors (Lipinski definition) is 0. The second-order valence-corrected chi connectivity index (χ2v) is 8.41. The topological polar surface area (TPSA) is 50.7 Å². The monoisotopic (exact) mass is 458 g/mol. The Morgan fingerprint density at radius 2 is 1.30 bits per heavy atom. The molecule has 0 saturated carbocycles. The van der Waals surface area contributed by atoms with E-state index in [0.717, 1.165) is 48.9 Å². The highest BCUT2D eigenvalue weighted by molar-refractivity contribution is 6.99. The van der Waals surface area contributed by atoms with Gasteiger partial charge in [-0.15, -0.1) is 4.37 Å². The Balaban J connectivity index is 1.32. The number of anilines is 2. The van der Waals surface area contributed by atoms with Gasteiger partial charge in [-0.25, -0.2) is 0 Å². The summed E-state index contributed by atoms with van der Waals surface area (Å²) in [5.41, 5.74) is 3.38. The fourth-order valence-electron chi connectivity index (χ4n) is 4.11. The first-order valence-corrected chi connectivity index (χ1v) is 11.8. The summed E-state index contributed by atoms with van der Waals surface area (Å²) in [6.45, 7) is 3.53. The zero-order valence-corrected chi connectivity index (χ0v) is 19.3. The minimum absolute atomic E-state index is 0.240. The Hall–Kier alpha value is -3.58. The molecule has 0 spiro atoms. The lowest BCUT2D eigenvalue weighted by molar-refractivity contribution is 0.239. The van der Waals surface area contributed by atoms with Crippen molar-refractivity contribution in [2.45, 2.75) is 6.10 Å². The fraction of sp³-hybridized carbons (Fsp3) is 0.231. The zero-order chi connectivity index (χ0) is 22.5. The van der Waals surface area contributed by atoms with Crippen LogP contribution in [0.15, 0.2) is 84.9 Å². The fourth-order valence-corrected chi connectivity index (χ4v) is 4.62. The Morgan fingerprint density at radius 1 is 0.727 bits per heavy atom. The van der Waals surface area contributed by atoms with E-state index in [1.54, 1.807) is 7.11 Å². The number of nitrogens with zero attached hydrogens (tertiary/aromatic N) is 4. The lowest BCUT2D eigenvalue weighted by atomic mass is 10.0. The number of ether oxygens (including phenoxy) is 2. The SMILES string of the molecule is COc1ccc(N2CCN(c3nsnc3OC(c3ccccc3)c3ccccc3)CC2)cc1. The molecule has 6 nitrogen and oxygen atoms in total. The van der Waals surface area contributed by atoms with Crippen LogP contribution in [0.25, 0.3) is 0 Å². The maximum atomic E-state index is 6.52.